The summed E-state index contributed by atoms with van der Waals surface area (Å²) in [7, 11) is 0. The lowest BCUT2D eigenvalue weighted by Crippen LogP contribution is -2.43. The smallest absolute Gasteiger partial charge is 0.00700 e. The normalized spacial score (nSPS) is 27.1. The molecule has 0 heterocycles. The van der Waals surface area contributed by atoms with Crippen LogP contribution >= 0.6 is 0 Å². The lowest BCUT2D eigenvalue weighted by atomic mass is 9.56. The predicted octanol–water partition coefficient (Wildman–Crippen LogP) is 4.18. The van der Waals surface area contributed by atoms with E-state index in [4.69, 9.17) is 0 Å². The third-order valence-electron chi connectivity index (χ3n) is 4.61. The Bertz CT molecular complexity index is 371. The van der Waals surface area contributed by atoms with Crippen LogP contribution in [0.1, 0.15) is 45.7 Å². The number of fused-ring (bicyclic) bond motifs is 1. The lowest BCUT2D eigenvalue weighted by molar-refractivity contribution is 0.126. The molecule has 0 radical (unpaired) electrons. The molecule has 1 aromatic carbocycles. The molecule has 0 saturated heterocycles. The van der Waals surface area contributed by atoms with Gasteiger partial charge in [0.1, 0.15) is 0 Å². The van der Waals surface area contributed by atoms with E-state index in [2.05, 4.69) is 58.9 Å². The van der Waals surface area contributed by atoms with Crippen LogP contribution in [0.4, 0.5) is 0 Å². The van der Waals surface area contributed by atoms with Crippen LogP contribution in [0.3, 0.4) is 0 Å². The van der Waals surface area contributed by atoms with Crippen molar-refractivity contribution in [1.82, 2.24) is 0 Å². The van der Waals surface area contributed by atoms with Gasteiger partial charge in [-0.1, -0.05) is 58.9 Å². The van der Waals surface area contributed by atoms with Gasteiger partial charge in [0.25, 0.3) is 0 Å². The zero-order valence-corrected chi connectivity index (χ0v) is 10.6. The van der Waals surface area contributed by atoms with E-state index < -0.39 is 0 Å². The van der Waals surface area contributed by atoms with E-state index in [1.54, 1.807) is 11.1 Å². The van der Waals surface area contributed by atoms with Crippen molar-refractivity contribution in [3.8, 4) is 0 Å². The number of hydrogen-bond acceptors (Lipinski definition) is 0. The molecular weight excluding hydrogens is 180 g/mol. The Kier molecular flexibility index (Phi) is 2.22. The molecule has 0 amide bonds. The molecule has 1 aliphatic rings. The zero-order valence-electron chi connectivity index (χ0n) is 10.6. The molecule has 1 unspecified atom stereocenters. The van der Waals surface area contributed by atoms with E-state index >= 15 is 0 Å². The standard InChI is InChI=1S/C15H22/c1-11-14(2,3)10-12-8-6-7-9-13(12)15(11,4)5/h6-9,11H,10H2,1-5H3. The number of hydrogen-bond donors (Lipinski definition) is 0. The maximum atomic E-state index is 2.40. The average molecular weight is 202 g/mol. The first-order valence-corrected chi connectivity index (χ1v) is 5.94. The minimum atomic E-state index is 0.304. The van der Waals surface area contributed by atoms with Crippen molar-refractivity contribution in [2.75, 3.05) is 0 Å². The molecule has 0 N–H and O–H groups in total. The summed E-state index contributed by atoms with van der Waals surface area (Å²) in [6.07, 6.45) is 1.22. The summed E-state index contributed by atoms with van der Waals surface area (Å²) in [4.78, 5) is 0. The Balaban J connectivity index is 2.59. The maximum Gasteiger partial charge on any atom is -0.00700 e. The first-order chi connectivity index (χ1) is 6.86. The molecule has 0 spiro atoms. The van der Waals surface area contributed by atoms with Crippen molar-refractivity contribution in [3.05, 3.63) is 35.4 Å². The molecular formula is C15H22. The van der Waals surface area contributed by atoms with Crippen molar-refractivity contribution in [3.63, 3.8) is 0 Å². The largest absolute Gasteiger partial charge is 0.0620 e. The molecule has 2 rings (SSSR count). The molecule has 0 bridgehead atoms. The topological polar surface area (TPSA) is 0 Å². The molecule has 0 nitrogen and oxygen atoms in total. The summed E-state index contributed by atoms with van der Waals surface area (Å²) < 4.78 is 0. The molecule has 1 atom stereocenters. The fourth-order valence-corrected chi connectivity index (χ4v) is 3.16. The van der Waals surface area contributed by atoms with E-state index in [0.717, 1.165) is 5.92 Å². The molecule has 0 saturated carbocycles. The Morgan fingerprint density at radius 2 is 1.67 bits per heavy atom. The average Bonchev–Trinajstić information content (AvgIpc) is 2.15. The first-order valence-electron chi connectivity index (χ1n) is 5.94. The summed E-state index contributed by atoms with van der Waals surface area (Å²) in [6.45, 7) is 12.0. The van der Waals surface area contributed by atoms with Crippen molar-refractivity contribution in [2.24, 2.45) is 11.3 Å². The van der Waals surface area contributed by atoms with Gasteiger partial charge in [-0.05, 0) is 34.3 Å². The molecule has 1 aliphatic carbocycles. The van der Waals surface area contributed by atoms with Crippen LogP contribution in [0.5, 0.6) is 0 Å². The third kappa shape index (κ3) is 1.51. The highest BCUT2D eigenvalue weighted by atomic mass is 14.5. The fourth-order valence-electron chi connectivity index (χ4n) is 3.16. The van der Waals surface area contributed by atoms with Crippen molar-refractivity contribution >= 4 is 0 Å². The molecule has 1 aromatic rings. The third-order valence-corrected chi connectivity index (χ3v) is 4.61. The highest BCUT2D eigenvalue weighted by molar-refractivity contribution is 5.38. The second kappa shape index (κ2) is 3.10. The molecule has 0 aromatic heterocycles. The van der Waals surface area contributed by atoms with Crippen LogP contribution < -0.4 is 0 Å². The van der Waals surface area contributed by atoms with Gasteiger partial charge in [0, 0.05) is 0 Å². The van der Waals surface area contributed by atoms with E-state index in [0.29, 0.717) is 10.8 Å². The van der Waals surface area contributed by atoms with E-state index in [1.165, 1.54) is 6.42 Å². The van der Waals surface area contributed by atoms with Crippen molar-refractivity contribution in [1.29, 1.82) is 0 Å². The lowest BCUT2D eigenvalue weighted by Gasteiger charge is -2.48. The summed E-state index contributed by atoms with van der Waals surface area (Å²) in [6, 6.07) is 8.94. The van der Waals surface area contributed by atoms with Crippen LogP contribution in [0.25, 0.3) is 0 Å². The first kappa shape index (κ1) is 10.7. The highest BCUT2D eigenvalue weighted by Gasteiger charge is 2.43. The van der Waals surface area contributed by atoms with Gasteiger partial charge in [-0.15, -0.1) is 0 Å². The Hall–Kier alpha value is -0.780. The molecule has 0 fully saturated rings. The highest BCUT2D eigenvalue weighted by Crippen LogP contribution is 2.49. The van der Waals surface area contributed by atoms with Crippen LogP contribution in [0.15, 0.2) is 24.3 Å². The van der Waals surface area contributed by atoms with Gasteiger partial charge >= 0.3 is 0 Å². The Morgan fingerprint density at radius 1 is 1.07 bits per heavy atom. The minimum Gasteiger partial charge on any atom is -0.0620 e. The SMILES string of the molecule is CC1C(C)(C)Cc2ccccc2C1(C)C. The summed E-state index contributed by atoms with van der Waals surface area (Å²) in [5.74, 6) is 0.722. The van der Waals surface area contributed by atoms with Crippen LogP contribution in [0, 0.1) is 11.3 Å². The second-order valence-corrected chi connectivity index (χ2v) is 6.27. The summed E-state index contributed by atoms with van der Waals surface area (Å²) in [5, 5.41) is 0. The molecule has 15 heavy (non-hydrogen) atoms. The van der Waals surface area contributed by atoms with Gasteiger partial charge in [-0.25, -0.2) is 0 Å². The molecule has 0 heteroatoms. The van der Waals surface area contributed by atoms with Crippen LogP contribution in [0.2, 0.25) is 0 Å². The van der Waals surface area contributed by atoms with Gasteiger partial charge in [-0.2, -0.15) is 0 Å². The molecule has 82 valence electrons. The van der Waals surface area contributed by atoms with Gasteiger partial charge < -0.3 is 0 Å². The fraction of sp³-hybridized carbons (Fsp3) is 0.600. The van der Waals surface area contributed by atoms with E-state index in [1.807, 2.05) is 0 Å². The van der Waals surface area contributed by atoms with Gasteiger partial charge in [-0.3, -0.25) is 0 Å². The monoisotopic (exact) mass is 202 g/mol. The summed E-state index contributed by atoms with van der Waals surface area (Å²) in [5.41, 5.74) is 3.82. The van der Waals surface area contributed by atoms with Gasteiger partial charge in [0.15, 0.2) is 0 Å². The zero-order chi connectivity index (χ0) is 11.3. The summed E-state index contributed by atoms with van der Waals surface area (Å²) >= 11 is 0. The predicted molar refractivity (Wildman–Crippen MR) is 66.1 cm³/mol. The van der Waals surface area contributed by atoms with E-state index in [-0.39, 0.29) is 0 Å². The van der Waals surface area contributed by atoms with E-state index in [9.17, 15) is 0 Å². The number of rotatable bonds is 0. The maximum absolute atomic E-state index is 2.40. The van der Waals surface area contributed by atoms with Crippen molar-refractivity contribution in [2.45, 2.75) is 46.5 Å². The second-order valence-electron chi connectivity index (χ2n) is 6.27. The quantitative estimate of drug-likeness (QED) is 0.592. The Morgan fingerprint density at radius 3 is 2.33 bits per heavy atom. The Labute approximate surface area is 93.7 Å². The van der Waals surface area contributed by atoms with Crippen molar-refractivity contribution < 1.29 is 0 Å². The molecule has 0 aliphatic heterocycles. The minimum absolute atomic E-state index is 0.304. The van der Waals surface area contributed by atoms with Gasteiger partial charge in [0.2, 0.25) is 0 Å². The van der Waals surface area contributed by atoms with Gasteiger partial charge in [0.05, 0.1) is 0 Å². The van der Waals surface area contributed by atoms with Crippen LogP contribution in [-0.4, -0.2) is 0 Å². The number of benzene rings is 1. The van der Waals surface area contributed by atoms with Crippen LogP contribution in [-0.2, 0) is 11.8 Å².